The van der Waals surface area contributed by atoms with Crippen LogP contribution in [-0.4, -0.2) is 25.2 Å². The molecule has 8 nitrogen and oxygen atoms in total. The molecule has 240 valence electrons. The number of nitrogens with zero attached hydrogens (tertiary/aromatic N) is 2. The molecule has 4 aromatic rings. The fourth-order valence-corrected chi connectivity index (χ4v) is 4.44. The topological polar surface area (TPSA) is 95.8 Å². The fourth-order valence-electron chi connectivity index (χ4n) is 4.31. The lowest BCUT2D eigenvalue weighted by Crippen LogP contribution is -2.11. The van der Waals surface area contributed by atoms with E-state index in [1.165, 1.54) is 0 Å². The van der Waals surface area contributed by atoms with E-state index >= 15 is 0 Å². The van der Waals surface area contributed by atoms with E-state index in [4.69, 9.17) is 30.5 Å². The summed E-state index contributed by atoms with van der Waals surface area (Å²) >= 11 is 6.00. The van der Waals surface area contributed by atoms with E-state index in [0.29, 0.717) is 58.0 Å². The normalized spacial score (nSPS) is 11.0. The Labute approximate surface area is 275 Å². The van der Waals surface area contributed by atoms with Crippen molar-refractivity contribution in [2.24, 2.45) is 10.2 Å². The van der Waals surface area contributed by atoms with Crippen molar-refractivity contribution in [3.63, 3.8) is 0 Å². The van der Waals surface area contributed by atoms with Crippen LogP contribution < -0.4 is 18.9 Å². The number of carbonyl (C=O) groups is 2. The van der Waals surface area contributed by atoms with Gasteiger partial charge in [-0.15, -0.1) is 5.11 Å². The Morgan fingerprint density at radius 1 is 0.630 bits per heavy atom. The van der Waals surface area contributed by atoms with Gasteiger partial charge in [0.05, 0.1) is 30.0 Å². The predicted octanol–water partition coefficient (Wildman–Crippen LogP) is 10.6. The molecule has 0 aliphatic heterocycles. The summed E-state index contributed by atoms with van der Waals surface area (Å²) in [4.78, 5) is 25.5. The Bertz CT molecular complexity index is 1600. The van der Waals surface area contributed by atoms with Gasteiger partial charge in [-0.1, -0.05) is 68.8 Å². The minimum Gasteiger partial charge on any atom is -0.487 e. The molecule has 0 bridgehead atoms. The Morgan fingerprint density at radius 2 is 1.20 bits per heavy atom. The maximum Gasteiger partial charge on any atom is 0.343 e. The van der Waals surface area contributed by atoms with Crippen LogP contribution in [0.25, 0.3) is 0 Å². The van der Waals surface area contributed by atoms with Crippen LogP contribution in [0.5, 0.6) is 23.0 Å². The van der Waals surface area contributed by atoms with Crippen molar-refractivity contribution in [3.8, 4) is 23.0 Å². The lowest BCUT2D eigenvalue weighted by atomic mass is 10.1. The molecule has 0 saturated heterocycles. The second-order valence-corrected chi connectivity index (χ2v) is 11.1. The largest absolute Gasteiger partial charge is 0.487 e. The summed E-state index contributed by atoms with van der Waals surface area (Å²) in [6.45, 7) is 7.03. The third kappa shape index (κ3) is 10.2. The molecule has 0 saturated carbocycles. The fraction of sp³-hybridized carbons (Fsp3) is 0.297. The minimum atomic E-state index is -0.551. The first kappa shape index (κ1) is 34.2. The summed E-state index contributed by atoms with van der Waals surface area (Å²) in [6.07, 6.45) is 5.70. The van der Waals surface area contributed by atoms with Crippen molar-refractivity contribution in [1.29, 1.82) is 0 Å². The maximum absolute atomic E-state index is 13.0. The number of esters is 2. The van der Waals surface area contributed by atoms with E-state index in [1.54, 1.807) is 72.8 Å². The molecule has 0 aromatic heterocycles. The standard InChI is InChI=1S/C37H39ClN2O6/c1-4-6-8-24-43-34-32(40-39-30-18-20-31(21-19-30)45-36(41)27-12-10-26(3)11-13-27)22-23-33(35(34)44-25-9-7-5-2)46-37(42)28-14-16-29(38)17-15-28/h10-23H,4-9,24-25H2,1-3H3. The highest BCUT2D eigenvalue weighted by Crippen LogP contribution is 2.45. The summed E-state index contributed by atoms with van der Waals surface area (Å²) in [7, 11) is 0. The van der Waals surface area contributed by atoms with Gasteiger partial charge in [0.15, 0.2) is 11.5 Å². The van der Waals surface area contributed by atoms with Gasteiger partial charge < -0.3 is 18.9 Å². The molecule has 0 N–H and O–H groups in total. The highest BCUT2D eigenvalue weighted by molar-refractivity contribution is 6.30. The zero-order valence-electron chi connectivity index (χ0n) is 26.5. The number of benzene rings is 4. The van der Waals surface area contributed by atoms with E-state index in [0.717, 1.165) is 44.1 Å². The van der Waals surface area contributed by atoms with Gasteiger partial charge in [0.25, 0.3) is 0 Å². The quantitative estimate of drug-likeness (QED) is 0.0522. The molecule has 0 unspecified atom stereocenters. The third-order valence-electron chi connectivity index (χ3n) is 6.93. The summed E-state index contributed by atoms with van der Waals surface area (Å²) < 4.78 is 23.7. The second kappa shape index (κ2) is 17.7. The van der Waals surface area contributed by atoms with Crippen LogP contribution in [0.1, 0.15) is 78.7 Å². The van der Waals surface area contributed by atoms with Crippen molar-refractivity contribution in [2.75, 3.05) is 13.2 Å². The Balaban J connectivity index is 1.58. The summed E-state index contributed by atoms with van der Waals surface area (Å²) in [6, 6.07) is 23.7. The Morgan fingerprint density at radius 3 is 1.80 bits per heavy atom. The number of hydrogen-bond acceptors (Lipinski definition) is 8. The molecule has 4 rings (SSSR count). The third-order valence-corrected chi connectivity index (χ3v) is 7.19. The molecule has 0 aliphatic rings. The number of halogens is 1. The van der Waals surface area contributed by atoms with Gasteiger partial charge >= 0.3 is 11.9 Å². The molecule has 46 heavy (non-hydrogen) atoms. The van der Waals surface area contributed by atoms with Gasteiger partial charge in [-0.05, 0) is 92.6 Å². The van der Waals surface area contributed by atoms with Crippen LogP contribution >= 0.6 is 11.6 Å². The number of aryl methyl sites for hydroxylation is 1. The zero-order chi connectivity index (χ0) is 32.7. The number of hydrogen-bond donors (Lipinski definition) is 0. The van der Waals surface area contributed by atoms with Gasteiger partial charge in [0, 0.05) is 5.02 Å². The van der Waals surface area contributed by atoms with Crippen LogP contribution in [-0.2, 0) is 0 Å². The minimum absolute atomic E-state index is 0.223. The molecule has 0 radical (unpaired) electrons. The molecule has 0 atom stereocenters. The number of rotatable bonds is 16. The molecule has 0 heterocycles. The first-order valence-corrected chi connectivity index (χ1v) is 16.0. The van der Waals surface area contributed by atoms with Gasteiger partial charge in [0.2, 0.25) is 5.75 Å². The number of azo groups is 1. The molecule has 9 heteroatoms. The average molecular weight is 643 g/mol. The van der Waals surface area contributed by atoms with Gasteiger partial charge in [-0.3, -0.25) is 0 Å². The predicted molar refractivity (Wildman–Crippen MR) is 180 cm³/mol. The van der Waals surface area contributed by atoms with Gasteiger partial charge in [-0.2, -0.15) is 5.11 Å². The van der Waals surface area contributed by atoms with Crippen LogP contribution in [0.2, 0.25) is 5.02 Å². The van der Waals surface area contributed by atoms with Crippen LogP contribution in [0.4, 0.5) is 11.4 Å². The number of unbranched alkanes of at least 4 members (excludes halogenated alkanes) is 4. The lowest BCUT2D eigenvalue weighted by molar-refractivity contribution is 0.0720. The summed E-state index contributed by atoms with van der Waals surface area (Å²) in [5.74, 6) is 0.262. The van der Waals surface area contributed by atoms with E-state index in [-0.39, 0.29) is 5.75 Å². The summed E-state index contributed by atoms with van der Waals surface area (Å²) in [5.41, 5.74) is 2.84. The zero-order valence-corrected chi connectivity index (χ0v) is 27.2. The first-order valence-electron chi connectivity index (χ1n) is 15.6. The molecular formula is C37H39ClN2O6. The molecule has 0 amide bonds. The van der Waals surface area contributed by atoms with Gasteiger partial charge in [-0.25, -0.2) is 9.59 Å². The van der Waals surface area contributed by atoms with E-state index in [1.807, 2.05) is 19.1 Å². The second-order valence-electron chi connectivity index (χ2n) is 10.7. The van der Waals surface area contributed by atoms with Crippen molar-refractivity contribution < 1.29 is 28.5 Å². The van der Waals surface area contributed by atoms with E-state index < -0.39 is 11.9 Å². The molecule has 0 aliphatic carbocycles. The van der Waals surface area contributed by atoms with Crippen molar-refractivity contribution >= 4 is 34.9 Å². The lowest BCUT2D eigenvalue weighted by Gasteiger charge is -2.18. The SMILES string of the molecule is CCCCCOc1c(N=Nc2ccc(OC(=O)c3ccc(C)cc3)cc2)ccc(OC(=O)c2ccc(Cl)cc2)c1OCCCCC. The smallest absolute Gasteiger partial charge is 0.343 e. The Kier molecular flexibility index (Phi) is 13.2. The van der Waals surface area contributed by atoms with Crippen LogP contribution in [0, 0.1) is 6.92 Å². The average Bonchev–Trinajstić information content (AvgIpc) is 3.06. The number of ether oxygens (including phenoxy) is 4. The Hall–Kier alpha value is -4.69. The van der Waals surface area contributed by atoms with Gasteiger partial charge in [0.1, 0.15) is 11.4 Å². The highest BCUT2D eigenvalue weighted by Gasteiger charge is 2.21. The van der Waals surface area contributed by atoms with Crippen molar-refractivity contribution in [2.45, 2.75) is 59.3 Å². The maximum atomic E-state index is 13.0. The monoisotopic (exact) mass is 642 g/mol. The van der Waals surface area contributed by atoms with E-state index in [2.05, 4.69) is 24.1 Å². The van der Waals surface area contributed by atoms with E-state index in [9.17, 15) is 9.59 Å². The number of carbonyl (C=O) groups excluding carboxylic acids is 2. The molecule has 0 fully saturated rings. The first-order chi connectivity index (χ1) is 22.4. The molecular weight excluding hydrogens is 604 g/mol. The van der Waals surface area contributed by atoms with Crippen molar-refractivity contribution in [1.82, 2.24) is 0 Å². The molecule has 0 spiro atoms. The van der Waals surface area contributed by atoms with Crippen molar-refractivity contribution in [3.05, 3.63) is 107 Å². The summed E-state index contributed by atoms with van der Waals surface area (Å²) in [5, 5.41) is 9.39. The molecule has 4 aromatic carbocycles. The van der Waals surface area contributed by atoms with Crippen LogP contribution in [0.3, 0.4) is 0 Å². The van der Waals surface area contributed by atoms with Crippen LogP contribution in [0.15, 0.2) is 95.2 Å². The highest BCUT2D eigenvalue weighted by atomic mass is 35.5.